The molecule has 0 unspecified atom stereocenters. The number of benzene rings is 2. The zero-order valence-electron chi connectivity index (χ0n) is 20.5. The Morgan fingerprint density at radius 3 is 2.47 bits per heavy atom. The summed E-state index contributed by atoms with van der Waals surface area (Å²) >= 11 is 0. The number of primary amides is 1. The molecule has 1 amide bonds. The number of piperidine rings is 1. The molecule has 3 N–H and O–H groups in total. The molecular weight excluding hydrogens is 430 g/mol. The van der Waals surface area contributed by atoms with Crippen molar-refractivity contribution in [3.05, 3.63) is 47.5 Å². The molecule has 0 bridgehead atoms. The number of fused-ring (bicyclic) bond motifs is 1. The summed E-state index contributed by atoms with van der Waals surface area (Å²) in [5, 5.41) is 1.29. The average Bonchev–Trinajstić information content (AvgIpc) is 3.23. The second-order valence-corrected chi connectivity index (χ2v) is 9.23. The number of carbonyl (C=O) groups is 1. The third-order valence-electron chi connectivity index (χ3n) is 6.82. The molecule has 0 spiro atoms. The Labute approximate surface area is 201 Å². The zero-order valence-corrected chi connectivity index (χ0v) is 20.5. The van der Waals surface area contributed by atoms with Crippen LogP contribution in [0, 0.1) is 0 Å². The fourth-order valence-electron chi connectivity index (χ4n) is 5.07. The van der Waals surface area contributed by atoms with Gasteiger partial charge in [0.25, 0.3) is 0 Å². The van der Waals surface area contributed by atoms with E-state index in [2.05, 4.69) is 48.0 Å². The van der Waals surface area contributed by atoms with Crippen LogP contribution in [0.5, 0.6) is 11.5 Å². The Morgan fingerprint density at radius 1 is 1.09 bits per heavy atom. The van der Waals surface area contributed by atoms with Crippen LogP contribution in [0.2, 0.25) is 0 Å². The van der Waals surface area contributed by atoms with E-state index in [1.807, 2.05) is 12.1 Å². The lowest BCUT2D eigenvalue weighted by Crippen LogP contribution is -2.36. The van der Waals surface area contributed by atoms with Crippen molar-refractivity contribution in [2.45, 2.75) is 38.5 Å². The molecule has 4 rings (SSSR count). The molecule has 2 aromatic carbocycles. The lowest BCUT2D eigenvalue weighted by molar-refractivity contribution is 0.125. The van der Waals surface area contributed by atoms with E-state index < -0.39 is 6.09 Å². The summed E-state index contributed by atoms with van der Waals surface area (Å²) in [6, 6.07) is 12.9. The molecule has 182 valence electrons. The van der Waals surface area contributed by atoms with E-state index >= 15 is 0 Å². The van der Waals surface area contributed by atoms with Gasteiger partial charge in [-0.05, 0) is 79.2 Å². The zero-order chi connectivity index (χ0) is 24.2. The predicted octanol–water partition coefficient (Wildman–Crippen LogP) is 5.25. The largest absolute Gasteiger partial charge is 0.493 e. The second kappa shape index (κ2) is 10.4. The third kappa shape index (κ3) is 4.99. The molecule has 2 heterocycles. The minimum atomic E-state index is -0.705. The fraction of sp³-hybridized carbons (Fsp3) is 0.444. The molecule has 1 aliphatic heterocycles. The number of likely N-dealkylation sites (tertiary alicyclic amines) is 1. The summed E-state index contributed by atoms with van der Waals surface area (Å²) in [6.45, 7) is 7.56. The summed E-state index contributed by atoms with van der Waals surface area (Å²) in [5.41, 5.74) is 11.1. The first-order valence-electron chi connectivity index (χ1n) is 11.9. The lowest BCUT2D eigenvalue weighted by Gasteiger charge is -2.32. The Balaban J connectivity index is 1.59. The number of rotatable bonds is 8. The van der Waals surface area contributed by atoms with E-state index in [0.717, 1.165) is 60.7 Å². The Hall–Kier alpha value is -3.19. The van der Waals surface area contributed by atoms with E-state index in [9.17, 15) is 4.79 Å². The van der Waals surface area contributed by atoms with Crippen molar-refractivity contribution in [2.24, 2.45) is 5.73 Å². The first-order chi connectivity index (χ1) is 16.4. The maximum atomic E-state index is 10.8. The molecule has 1 aliphatic rings. The van der Waals surface area contributed by atoms with Crippen LogP contribution in [0.3, 0.4) is 0 Å². The molecule has 0 aliphatic carbocycles. The van der Waals surface area contributed by atoms with Gasteiger partial charge >= 0.3 is 6.09 Å². The van der Waals surface area contributed by atoms with Crippen molar-refractivity contribution in [1.29, 1.82) is 0 Å². The SMILES string of the molecule is COc1ccc(-c2[nH]c3ccc(C4CCN(CCOC(N)=O)CC4)cc3c2C(C)C)cc1OC. The van der Waals surface area contributed by atoms with Gasteiger partial charge in [0.2, 0.25) is 0 Å². The molecule has 0 radical (unpaired) electrons. The number of hydrogen-bond acceptors (Lipinski definition) is 5. The van der Waals surface area contributed by atoms with Crippen LogP contribution in [-0.4, -0.2) is 56.4 Å². The van der Waals surface area contributed by atoms with Crippen LogP contribution in [0.1, 0.15) is 49.7 Å². The number of amides is 1. The molecular formula is C27H35N3O4. The minimum Gasteiger partial charge on any atom is -0.493 e. The standard InChI is InChI=1S/C27H35N3O4/c1-17(2)25-21-15-19(18-9-11-30(12-10-18)13-14-34-27(28)31)5-7-22(21)29-26(25)20-6-8-23(32-3)24(16-20)33-4/h5-8,15-18,29H,9-14H2,1-4H3,(H2,28,31). The van der Waals surface area contributed by atoms with E-state index in [-0.39, 0.29) is 0 Å². The summed E-state index contributed by atoms with van der Waals surface area (Å²) < 4.78 is 15.8. The number of aromatic amines is 1. The summed E-state index contributed by atoms with van der Waals surface area (Å²) in [6.07, 6.45) is 1.47. The molecule has 3 aromatic rings. The Bertz CT molecular complexity index is 1150. The number of nitrogens with one attached hydrogen (secondary N) is 1. The maximum absolute atomic E-state index is 10.8. The predicted molar refractivity (Wildman–Crippen MR) is 135 cm³/mol. The summed E-state index contributed by atoms with van der Waals surface area (Å²) in [7, 11) is 3.32. The number of H-pyrrole nitrogens is 1. The van der Waals surface area contributed by atoms with Crippen molar-refractivity contribution in [3.63, 3.8) is 0 Å². The molecule has 34 heavy (non-hydrogen) atoms. The van der Waals surface area contributed by atoms with Crippen LogP contribution in [0.4, 0.5) is 4.79 Å². The van der Waals surface area contributed by atoms with Crippen LogP contribution in [0.25, 0.3) is 22.2 Å². The van der Waals surface area contributed by atoms with Crippen molar-refractivity contribution >= 4 is 17.0 Å². The Morgan fingerprint density at radius 2 is 1.82 bits per heavy atom. The van der Waals surface area contributed by atoms with Gasteiger partial charge in [-0.2, -0.15) is 0 Å². The normalized spacial score (nSPS) is 15.1. The Kier molecular flexibility index (Phi) is 7.32. The van der Waals surface area contributed by atoms with Gasteiger partial charge in [0.15, 0.2) is 11.5 Å². The lowest BCUT2D eigenvalue weighted by atomic mass is 9.87. The number of ether oxygens (including phenoxy) is 3. The number of nitrogens with zero attached hydrogens (tertiary/aromatic N) is 1. The van der Waals surface area contributed by atoms with Crippen LogP contribution >= 0.6 is 0 Å². The highest BCUT2D eigenvalue weighted by Crippen LogP contribution is 2.40. The van der Waals surface area contributed by atoms with Crippen molar-refractivity contribution in [2.75, 3.05) is 40.5 Å². The number of hydrogen-bond donors (Lipinski definition) is 2. The summed E-state index contributed by atoms with van der Waals surface area (Å²) in [5.74, 6) is 2.33. The topological polar surface area (TPSA) is 89.8 Å². The molecule has 0 saturated carbocycles. The minimum absolute atomic E-state index is 0.353. The smallest absolute Gasteiger partial charge is 0.404 e. The van der Waals surface area contributed by atoms with Gasteiger partial charge in [0.05, 0.1) is 19.9 Å². The monoisotopic (exact) mass is 465 g/mol. The van der Waals surface area contributed by atoms with Gasteiger partial charge in [0.1, 0.15) is 6.61 Å². The number of methoxy groups -OCH3 is 2. The van der Waals surface area contributed by atoms with Crippen molar-refractivity contribution < 1.29 is 19.0 Å². The van der Waals surface area contributed by atoms with Gasteiger partial charge < -0.3 is 24.9 Å². The number of carbonyl (C=O) groups excluding carboxylic acids is 1. The molecule has 7 nitrogen and oxygen atoms in total. The van der Waals surface area contributed by atoms with E-state index in [4.69, 9.17) is 19.9 Å². The average molecular weight is 466 g/mol. The van der Waals surface area contributed by atoms with Gasteiger partial charge in [-0.25, -0.2) is 4.79 Å². The van der Waals surface area contributed by atoms with Gasteiger partial charge in [-0.15, -0.1) is 0 Å². The number of aromatic nitrogens is 1. The first kappa shape index (κ1) is 24.0. The summed E-state index contributed by atoms with van der Waals surface area (Å²) in [4.78, 5) is 16.8. The van der Waals surface area contributed by atoms with Crippen LogP contribution < -0.4 is 15.2 Å². The van der Waals surface area contributed by atoms with Gasteiger partial charge in [-0.3, -0.25) is 4.90 Å². The highest BCUT2D eigenvalue weighted by Gasteiger charge is 2.23. The molecule has 0 atom stereocenters. The second-order valence-electron chi connectivity index (χ2n) is 9.23. The number of nitrogens with two attached hydrogens (primary N) is 1. The van der Waals surface area contributed by atoms with Crippen molar-refractivity contribution in [1.82, 2.24) is 9.88 Å². The van der Waals surface area contributed by atoms with Crippen LogP contribution in [-0.2, 0) is 4.74 Å². The molecule has 1 aromatic heterocycles. The van der Waals surface area contributed by atoms with Crippen molar-refractivity contribution in [3.8, 4) is 22.8 Å². The van der Waals surface area contributed by atoms with Gasteiger partial charge in [0, 0.05) is 23.0 Å². The highest BCUT2D eigenvalue weighted by atomic mass is 16.5. The highest BCUT2D eigenvalue weighted by molar-refractivity contribution is 5.92. The quantitative estimate of drug-likeness (QED) is 0.474. The first-order valence-corrected chi connectivity index (χ1v) is 11.9. The molecule has 7 heteroatoms. The van der Waals surface area contributed by atoms with E-state index in [0.29, 0.717) is 18.4 Å². The third-order valence-corrected chi connectivity index (χ3v) is 6.82. The van der Waals surface area contributed by atoms with Gasteiger partial charge in [-0.1, -0.05) is 19.9 Å². The molecule has 1 fully saturated rings. The van der Waals surface area contributed by atoms with Crippen LogP contribution in [0.15, 0.2) is 36.4 Å². The molecule has 1 saturated heterocycles. The van der Waals surface area contributed by atoms with E-state index in [1.165, 1.54) is 16.5 Å². The maximum Gasteiger partial charge on any atom is 0.404 e. The van der Waals surface area contributed by atoms with E-state index in [1.54, 1.807) is 14.2 Å². The fourth-order valence-corrected chi connectivity index (χ4v) is 5.07.